The third-order valence-electron chi connectivity index (χ3n) is 4.60. The third kappa shape index (κ3) is 4.06. The summed E-state index contributed by atoms with van der Waals surface area (Å²) in [6.45, 7) is 1.58. The number of amides is 1. The van der Waals surface area contributed by atoms with Crippen LogP contribution < -0.4 is 10.6 Å². The Labute approximate surface area is 146 Å². The molecule has 1 aromatic heterocycles. The van der Waals surface area contributed by atoms with Gasteiger partial charge in [0.05, 0.1) is 12.1 Å². The lowest BCUT2D eigenvalue weighted by atomic mass is 9.85. The first-order chi connectivity index (χ1) is 11.7. The van der Waals surface area contributed by atoms with Gasteiger partial charge in [0.25, 0.3) is 0 Å². The second kappa shape index (κ2) is 7.96. The van der Waals surface area contributed by atoms with E-state index in [1.54, 1.807) is 19.2 Å². The van der Waals surface area contributed by atoms with Crippen molar-refractivity contribution in [2.45, 2.75) is 31.7 Å². The second-order valence-corrected chi connectivity index (χ2v) is 6.68. The number of hydrogen-bond acceptors (Lipinski definition) is 4. The molecule has 1 heterocycles. The van der Waals surface area contributed by atoms with E-state index in [1.807, 2.05) is 6.07 Å². The van der Waals surface area contributed by atoms with E-state index in [-0.39, 0.29) is 11.8 Å². The first-order valence-electron chi connectivity index (χ1n) is 8.34. The molecule has 1 saturated carbocycles. The Hall–Kier alpha value is -1.63. The summed E-state index contributed by atoms with van der Waals surface area (Å²) in [6, 6.07) is 5.95. The monoisotopic (exact) mass is 350 g/mol. The fraction of sp³-hybridized carbons (Fsp3) is 0.529. The first kappa shape index (κ1) is 17.2. The van der Waals surface area contributed by atoms with Crippen LogP contribution in [0, 0.1) is 5.92 Å². The van der Waals surface area contributed by atoms with Crippen LogP contribution in [0.25, 0.3) is 10.9 Å². The highest BCUT2D eigenvalue weighted by molar-refractivity contribution is 6.31. The summed E-state index contributed by atoms with van der Waals surface area (Å²) in [5.74, 6) is 0.672. The van der Waals surface area contributed by atoms with Crippen LogP contribution in [0.15, 0.2) is 18.2 Å². The van der Waals surface area contributed by atoms with Crippen molar-refractivity contribution in [2.24, 2.45) is 5.92 Å². The number of methoxy groups -OCH3 is 1. The molecule has 1 amide bonds. The molecule has 0 atom stereocenters. The number of hydrogen-bond donors (Lipinski definition) is 3. The molecule has 0 spiro atoms. The lowest BCUT2D eigenvalue weighted by molar-refractivity contribution is -0.120. The summed E-state index contributed by atoms with van der Waals surface area (Å²) in [5.41, 5.74) is 0.823. The van der Waals surface area contributed by atoms with Crippen molar-refractivity contribution in [3.05, 3.63) is 23.2 Å². The maximum absolute atomic E-state index is 12.5. The van der Waals surface area contributed by atoms with Gasteiger partial charge in [0.15, 0.2) is 5.82 Å². The third-order valence-corrected chi connectivity index (χ3v) is 4.84. The van der Waals surface area contributed by atoms with Gasteiger partial charge in [-0.3, -0.25) is 9.89 Å². The van der Waals surface area contributed by atoms with E-state index in [1.165, 1.54) is 0 Å². The van der Waals surface area contributed by atoms with Crippen LogP contribution >= 0.6 is 11.6 Å². The van der Waals surface area contributed by atoms with Crippen LogP contribution in [0.1, 0.15) is 25.7 Å². The highest BCUT2D eigenvalue weighted by Crippen LogP contribution is 2.28. The Kier molecular flexibility index (Phi) is 5.71. The zero-order chi connectivity index (χ0) is 16.9. The van der Waals surface area contributed by atoms with E-state index in [2.05, 4.69) is 20.8 Å². The molecular formula is C17H23ClN4O2. The quantitative estimate of drug-likeness (QED) is 0.700. The van der Waals surface area contributed by atoms with Crippen molar-refractivity contribution in [1.29, 1.82) is 0 Å². The molecule has 0 radical (unpaired) electrons. The SMILES string of the molecule is COCCNC1CCC(C(=O)Nc2n[nH]c3cc(Cl)ccc23)CC1. The Morgan fingerprint density at radius 1 is 1.38 bits per heavy atom. The Morgan fingerprint density at radius 3 is 2.92 bits per heavy atom. The molecule has 2 aromatic rings. The molecule has 0 bridgehead atoms. The van der Waals surface area contributed by atoms with E-state index in [4.69, 9.17) is 16.3 Å². The van der Waals surface area contributed by atoms with Gasteiger partial charge >= 0.3 is 0 Å². The van der Waals surface area contributed by atoms with Crippen LogP contribution in [0.5, 0.6) is 0 Å². The average Bonchev–Trinajstić information content (AvgIpc) is 2.97. The fourth-order valence-electron chi connectivity index (χ4n) is 3.23. The van der Waals surface area contributed by atoms with Crippen molar-refractivity contribution in [2.75, 3.05) is 25.6 Å². The minimum atomic E-state index is 0.0459. The Morgan fingerprint density at radius 2 is 2.17 bits per heavy atom. The number of carbonyl (C=O) groups is 1. The summed E-state index contributed by atoms with van der Waals surface area (Å²) in [6.07, 6.45) is 3.81. The topological polar surface area (TPSA) is 79.0 Å². The van der Waals surface area contributed by atoms with Gasteiger partial charge in [0.2, 0.25) is 5.91 Å². The number of rotatable bonds is 6. The van der Waals surface area contributed by atoms with Crippen LogP contribution in [-0.4, -0.2) is 42.4 Å². The zero-order valence-electron chi connectivity index (χ0n) is 13.8. The van der Waals surface area contributed by atoms with Crippen molar-refractivity contribution >= 4 is 34.2 Å². The van der Waals surface area contributed by atoms with E-state index in [0.717, 1.165) is 49.7 Å². The predicted molar refractivity (Wildman–Crippen MR) is 95.4 cm³/mol. The molecule has 1 aliphatic carbocycles. The average molecular weight is 351 g/mol. The van der Waals surface area contributed by atoms with Crippen LogP contribution in [0.4, 0.5) is 5.82 Å². The number of anilines is 1. The Bertz CT molecular complexity index is 695. The molecule has 1 aliphatic rings. The normalized spacial score (nSPS) is 21.1. The van der Waals surface area contributed by atoms with Crippen LogP contribution in [-0.2, 0) is 9.53 Å². The van der Waals surface area contributed by atoms with E-state index in [0.29, 0.717) is 16.9 Å². The molecule has 130 valence electrons. The molecule has 0 saturated heterocycles. The number of aromatic amines is 1. The van der Waals surface area contributed by atoms with Crippen molar-refractivity contribution in [1.82, 2.24) is 15.5 Å². The minimum absolute atomic E-state index is 0.0459. The Balaban J connectivity index is 1.54. The van der Waals surface area contributed by atoms with Crippen LogP contribution in [0.3, 0.4) is 0 Å². The van der Waals surface area contributed by atoms with Gasteiger partial charge in [-0.05, 0) is 43.9 Å². The lowest BCUT2D eigenvalue weighted by Gasteiger charge is -2.28. The molecule has 3 N–H and O–H groups in total. The molecular weight excluding hydrogens is 328 g/mol. The van der Waals surface area contributed by atoms with Crippen molar-refractivity contribution < 1.29 is 9.53 Å². The number of nitrogens with zero attached hydrogens (tertiary/aromatic N) is 1. The van der Waals surface area contributed by atoms with Gasteiger partial charge < -0.3 is 15.4 Å². The number of nitrogens with one attached hydrogen (secondary N) is 3. The molecule has 24 heavy (non-hydrogen) atoms. The fourth-order valence-corrected chi connectivity index (χ4v) is 3.40. The van der Waals surface area contributed by atoms with Gasteiger partial charge in [-0.15, -0.1) is 0 Å². The molecule has 0 aliphatic heterocycles. The summed E-state index contributed by atoms with van der Waals surface area (Å²) in [7, 11) is 1.70. The number of halogens is 1. The van der Waals surface area contributed by atoms with Crippen molar-refractivity contribution in [3.63, 3.8) is 0 Å². The lowest BCUT2D eigenvalue weighted by Crippen LogP contribution is -2.37. The maximum Gasteiger partial charge on any atom is 0.228 e. The number of aromatic nitrogens is 2. The molecule has 7 heteroatoms. The van der Waals surface area contributed by atoms with Crippen LogP contribution in [0.2, 0.25) is 5.02 Å². The molecule has 0 unspecified atom stereocenters. The molecule has 3 rings (SSSR count). The highest BCUT2D eigenvalue weighted by atomic mass is 35.5. The number of benzene rings is 1. The van der Waals surface area contributed by atoms with Gasteiger partial charge in [-0.25, -0.2) is 0 Å². The molecule has 1 aromatic carbocycles. The summed E-state index contributed by atoms with van der Waals surface area (Å²) >= 11 is 5.97. The predicted octanol–water partition coefficient (Wildman–Crippen LogP) is 2.95. The zero-order valence-corrected chi connectivity index (χ0v) is 14.5. The number of ether oxygens (including phenoxy) is 1. The minimum Gasteiger partial charge on any atom is -0.383 e. The van der Waals surface area contributed by atoms with E-state index < -0.39 is 0 Å². The second-order valence-electron chi connectivity index (χ2n) is 6.25. The standard InChI is InChI=1S/C17H23ClN4O2/c1-24-9-8-19-13-5-2-11(3-6-13)17(23)20-16-14-7-4-12(18)10-15(14)21-22-16/h4,7,10-11,13,19H,2-3,5-6,8-9H2,1H3,(H2,20,21,22,23). The van der Waals surface area contributed by atoms with E-state index in [9.17, 15) is 4.79 Å². The van der Waals surface area contributed by atoms with Gasteiger partial charge in [0, 0.05) is 36.0 Å². The maximum atomic E-state index is 12.5. The summed E-state index contributed by atoms with van der Waals surface area (Å²) in [4.78, 5) is 12.5. The van der Waals surface area contributed by atoms with Gasteiger partial charge in [0.1, 0.15) is 0 Å². The van der Waals surface area contributed by atoms with Gasteiger partial charge in [-0.2, -0.15) is 5.10 Å². The highest BCUT2D eigenvalue weighted by Gasteiger charge is 2.26. The molecule has 1 fully saturated rings. The number of fused-ring (bicyclic) bond motifs is 1. The summed E-state index contributed by atoms with van der Waals surface area (Å²) in [5, 5.41) is 15.0. The largest absolute Gasteiger partial charge is 0.383 e. The van der Waals surface area contributed by atoms with E-state index >= 15 is 0 Å². The van der Waals surface area contributed by atoms with Crippen molar-refractivity contribution in [3.8, 4) is 0 Å². The molecule has 6 nitrogen and oxygen atoms in total. The van der Waals surface area contributed by atoms with Gasteiger partial charge in [-0.1, -0.05) is 11.6 Å². The first-order valence-corrected chi connectivity index (χ1v) is 8.72. The smallest absolute Gasteiger partial charge is 0.228 e. The number of carbonyl (C=O) groups excluding carboxylic acids is 1. The summed E-state index contributed by atoms with van der Waals surface area (Å²) < 4.78 is 5.05. The number of H-pyrrole nitrogens is 1.